The lowest BCUT2D eigenvalue weighted by Gasteiger charge is -2.07. The molecule has 0 radical (unpaired) electrons. The molecular formula is C15H19N3O. The summed E-state index contributed by atoms with van der Waals surface area (Å²) in [4.78, 5) is 20.8. The van der Waals surface area contributed by atoms with Crippen molar-refractivity contribution < 1.29 is 4.79 Å². The van der Waals surface area contributed by atoms with Gasteiger partial charge in [-0.1, -0.05) is 13.0 Å². The summed E-state index contributed by atoms with van der Waals surface area (Å²) in [5.74, 6) is 0.842. The summed E-state index contributed by atoms with van der Waals surface area (Å²) in [5, 5.41) is 0. The van der Waals surface area contributed by atoms with Gasteiger partial charge < -0.3 is 4.57 Å². The molecule has 0 aliphatic carbocycles. The Labute approximate surface area is 113 Å². The third-order valence-electron chi connectivity index (χ3n) is 3.06. The molecule has 0 aliphatic heterocycles. The molecule has 2 heterocycles. The number of carbonyl (C=O) groups excluding carboxylic acids is 1. The van der Waals surface area contributed by atoms with Crippen LogP contribution in [-0.4, -0.2) is 20.3 Å². The summed E-state index contributed by atoms with van der Waals surface area (Å²) in [7, 11) is 0. The number of carbonyl (C=O) groups is 1. The summed E-state index contributed by atoms with van der Waals surface area (Å²) in [6.07, 6.45) is 6.73. The topological polar surface area (TPSA) is 47.8 Å². The minimum absolute atomic E-state index is 0.0288. The molecule has 0 fully saturated rings. The predicted molar refractivity (Wildman–Crippen MR) is 74.3 cm³/mol. The number of aryl methyl sites for hydroxylation is 3. The van der Waals surface area contributed by atoms with Crippen LogP contribution in [0.1, 0.15) is 40.8 Å². The fourth-order valence-corrected chi connectivity index (χ4v) is 2.19. The van der Waals surface area contributed by atoms with Crippen molar-refractivity contribution in [1.29, 1.82) is 0 Å². The second-order valence-corrected chi connectivity index (χ2v) is 4.81. The van der Waals surface area contributed by atoms with Crippen molar-refractivity contribution in [3.63, 3.8) is 0 Å². The first kappa shape index (κ1) is 13.5. The number of aromatic nitrogens is 3. The van der Waals surface area contributed by atoms with Crippen molar-refractivity contribution in [3.8, 4) is 0 Å². The van der Waals surface area contributed by atoms with Crippen LogP contribution in [0.15, 0.2) is 24.7 Å². The average molecular weight is 257 g/mol. The first-order valence-electron chi connectivity index (χ1n) is 6.58. The third kappa shape index (κ3) is 3.08. The molecule has 2 aromatic rings. The lowest BCUT2D eigenvalue weighted by molar-refractivity contribution is 0.0984. The predicted octanol–water partition coefficient (Wildman–Crippen LogP) is 2.73. The van der Waals surface area contributed by atoms with Crippen molar-refractivity contribution >= 4 is 5.78 Å². The molecule has 0 N–H and O–H groups in total. The van der Waals surface area contributed by atoms with Gasteiger partial charge in [-0.3, -0.25) is 9.78 Å². The van der Waals surface area contributed by atoms with Gasteiger partial charge in [-0.25, -0.2) is 4.98 Å². The fraction of sp³-hybridized carbons (Fsp3) is 0.400. The number of hydrogen-bond donors (Lipinski definition) is 0. The molecule has 0 spiro atoms. The van der Waals surface area contributed by atoms with E-state index in [-0.39, 0.29) is 5.78 Å². The molecule has 0 saturated carbocycles. The summed E-state index contributed by atoms with van der Waals surface area (Å²) in [6.45, 7) is 6.90. The standard InChI is InChI=1S/C15H19N3O/c1-4-6-18-7-5-16-14(18)9-13(19)15-12(3)8-11(2)10-17-15/h5,7-8,10H,4,6,9H2,1-3H3. The normalized spacial score (nSPS) is 10.7. The van der Waals surface area contributed by atoms with E-state index in [2.05, 4.69) is 16.9 Å². The lowest BCUT2D eigenvalue weighted by atomic mass is 10.1. The van der Waals surface area contributed by atoms with Crippen LogP contribution < -0.4 is 0 Å². The summed E-state index contributed by atoms with van der Waals surface area (Å²) in [5.41, 5.74) is 2.55. The number of imidazole rings is 1. The van der Waals surface area contributed by atoms with Crippen molar-refractivity contribution in [2.75, 3.05) is 0 Å². The fourth-order valence-electron chi connectivity index (χ4n) is 2.19. The molecule has 19 heavy (non-hydrogen) atoms. The van der Waals surface area contributed by atoms with Crippen molar-refractivity contribution in [2.24, 2.45) is 0 Å². The minimum Gasteiger partial charge on any atom is -0.335 e. The van der Waals surface area contributed by atoms with Crippen molar-refractivity contribution in [3.05, 3.63) is 47.3 Å². The van der Waals surface area contributed by atoms with Crippen LogP contribution in [0.3, 0.4) is 0 Å². The monoisotopic (exact) mass is 257 g/mol. The number of hydrogen-bond acceptors (Lipinski definition) is 3. The van der Waals surface area contributed by atoms with Crippen LogP contribution in [-0.2, 0) is 13.0 Å². The zero-order chi connectivity index (χ0) is 13.8. The molecule has 0 saturated heterocycles. The summed E-state index contributed by atoms with van der Waals surface area (Å²) < 4.78 is 2.03. The number of Topliss-reactive ketones (excluding diaryl/α,β-unsaturated/α-hetero) is 1. The zero-order valence-corrected chi connectivity index (χ0v) is 11.7. The van der Waals surface area contributed by atoms with E-state index in [0.717, 1.165) is 29.9 Å². The maximum absolute atomic E-state index is 12.3. The van der Waals surface area contributed by atoms with Crippen LogP contribution in [0.2, 0.25) is 0 Å². The van der Waals surface area contributed by atoms with Gasteiger partial charge in [0, 0.05) is 25.1 Å². The number of pyridine rings is 1. The first-order chi connectivity index (χ1) is 9.11. The Hall–Kier alpha value is -1.97. The SMILES string of the molecule is CCCn1ccnc1CC(=O)c1ncc(C)cc1C. The van der Waals surface area contributed by atoms with E-state index in [1.165, 1.54) is 0 Å². The Balaban J connectivity index is 2.18. The van der Waals surface area contributed by atoms with Crippen LogP contribution >= 0.6 is 0 Å². The van der Waals surface area contributed by atoms with Gasteiger partial charge >= 0.3 is 0 Å². The Kier molecular flexibility index (Phi) is 4.10. The second kappa shape index (κ2) is 5.78. The second-order valence-electron chi connectivity index (χ2n) is 4.81. The molecular weight excluding hydrogens is 238 g/mol. The van der Waals surface area contributed by atoms with Crippen LogP contribution in [0.4, 0.5) is 0 Å². The quantitative estimate of drug-likeness (QED) is 0.774. The molecule has 0 aliphatic rings. The van der Waals surface area contributed by atoms with Gasteiger partial charge in [0.05, 0.1) is 6.42 Å². The maximum atomic E-state index is 12.3. The van der Waals surface area contributed by atoms with E-state index in [1.54, 1.807) is 12.4 Å². The van der Waals surface area contributed by atoms with E-state index in [1.807, 2.05) is 30.7 Å². The summed E-state index contributed by atoms with van der Waals surface area (Å²) >= 11 is 0. The van der Waals surface area contributed by atoms with E-state index in [9.17, 15) is 4.79 Å². The Morgan fingerprint density at radius 3 is 2.79 bits per heavy atom. The summed E-state index contributed by atoms with van der Waals surface area (Å²) in [6, 6.07) is 1.98. The zero-order valence-electron chi connectivity index (χ0n) is 11.7. The van der Waals surface area contributed by atoms with E-state index < -0.39 is 0 Å². The third-order valence-corrected chi connectivity index (χ3v) is 3.06. The van der Waals surface area contributed by atoms with Crippen LogP contribution in [0.5, 0.6) is 0 Å². The molecule has 0 atom stereocenters. The van der Waals surface area contributed by atoms with Crippen molar-refractivity contribution in [1.82, 2.24) is 14.5 Å². The molecule has 2 aromatic heterocycles. The maximum Gasteiger partial charge on any atom is 0.188 e. The number of rotatable bonds is 5. The molecule has 4 heteroatoms. The highest BCUT2D eigenvalue weighted by Crippen LogP contribution is 2.11. The van der Waals surface area contributed by atoms with Gasteiger partial charge in [0.2, 0.25) is 0 Å². The molecule has 0 unspecified atom stereocenters. The largest absolute Gasteiger partial charge is 0.335 e. The molecule has 0 amide bonds. The van der Waals surface area contributed by atoms with E-state index in [4.69, 9.17) is 0 Å². The van der Waals surface area contributed by atoms with E-state index in [0.29, 0.717) is 12.1 Å². The Bertz CT molecular complexity index is 587. The first-order valence-corrected chi connectivity index (χ1v) is 6.58. The van der Waals surface area contributed by atoms with Gasteiger partial charge in [0.25, 0.3) is 0 Å². The minimum atomic E-state index is 0.0288. The molecule has 4 nitrogen and oxygen atoms in total. The lowest BCUT2D eigenvalue weighted by Crippen LogP contribution is -2.13. The van der Waals surface area contributed by atoms with Crippen LogP contribution in [0.25, 0.3) is 0 Å². The number of nitrogens with zero attached hydrogens (tertiary/aromatic N) is 3. The van der Waals surface area contributed by atoms with Gasteiger partial charge in [0.1, 0.15) is 11.5 Å². The highest BCUT2D eigenvalue weighted by atomic mass is 16.1. The van der Waals surface area contributed by atoms with Gasteiger partial charge in [-0.05, 0) is 31.4 Å². The molecule has 0 aromatic carbocycles. The Morgan fingerprint density at radius 1 is 1.32 bits per heavy atom. The van der Waals surface area contributed by atoms with E-state index >= 15 is 0 Å². The highest BCUT2D eigenvalue weighted by Gasteiger charge is 2.14. The van der Waals surface area contributed by atoms with Gasteiger partial charge in [-0.2, -0.15) is 0 Å². The highest BCUT2D eigenvalue weighted by molar-refractivity contribution is 5.96. The van der Waals surface area contributed by atoms with Crippen LogP contribution in [0, 0.1) is 13.8 Å². The van der Waals surface area contributed by atoms with Crippen molar-refractivity contribution in [2.45, 2.75) is 40.2 Å². The smallest absolute Gasteiger partial charge is 0.188 e. The molecule has 2 rings (SSSR count). The molecule has 0 bridgehead atoms. The average Bonchev–Trinajstić information content (AvgIpc) is 2.77. The van der Waals surface area contributed by atoms with Gasteiger partial charge in [-0.15, -0.1) is 0 Å². The van der Waals surface area contributed by atoms with Gasteiger partial charge in [0.15, 0.2) is 5.78 Å². The number of ketones is 1. The Morgan fingerprint density at radius 2 is 2.11 bits per heavy atom. The molecule has 100 valence electrons.